The molecular formula is C20H22O4. The Hall–Kier alpha value is -2.62. The van der Waals surface area contributed by atoms with Crippen LogP contribution in [-0.4, -0.2) is 22.2 Å². The van der Waals surface area contributed by atoms with Crippen LogP contribution in [0.1, 0.15) is 24.0 Å². The van der Waals surface area contributed by atoms with Crippen molar-refractivity contribution in [2.45, 2.75) is 25.7 Å². The number of rotatable bonds is 9. The van der Waals surface area contributed by atoms with Crippen LogP contribution in [-0.2, 0) is 22.4 Å². The second kappa shape index (κ2) is 8.87. The molecule has 4 heteroatoms. The van der Waals surface area contributed by atoms with Crippen LogP contribution in [0.25, 0.3) is 0 Å². The summed E-state index contributed by atoms with van der Waals surface area (Å²) in [7, 11) is 0. The lowest BCUT2D eigenvalue weighted by Gasteiger charge is -2.16. The predicted octanol–water partition coefficient (Wildman–Crippen LogP) is 3.65. The molecule has 2 N–H and O–H groups in total. The number of hydrogen-bond acceptors (Lipinski definition) is 2. The minimum atomic E-state index is -0.872. The molecule has 0 bridgehead atoms. The number of carbonyl (C=O) groups is 2. The van der Waals surface area contributed by atoms with Gasteiger partial charge in [0.15, 0.2) is 0 Å². The third-order valence-corrected chi connectivity index (χ3v) is 4.21. The van der Waals surface area contributed by atoms with E-state index in [4.69, 9.17) is 0 Å². The van der Waals surface area contributed by atoms with E-state index >= 15 is 0 Å². The lowest BCUT2D eigenvalue weighted by Crippen LogP contribution is -2.22. The molecule has 0 aliphatic rings. The van der Waals surface area contributed by atoms with Crippen molar-refractivity contribution in [3.8, 4) is 0 Å². The highest BCUT2D eigenvalue weighted by Crippen LogP contribution is 2.21. The zero-order valence-electron chi connectivity index (χ0n) is 13.5. The lowest BCUT2D eigenvalue weighted by molar-refractivity contribution is -0.145. The number of aliphatic carboxylic acids is 2. The maximum Gasteiger partial charge on any atom is 0.306 e. The molecule has 0 saturated carbocycles. The Morgan fingerprint density at radius 2 is 1.00 bits per heavy atom. The zero-order chi connectivity index (χ0) is 17.4. The molecule has 0 aromatic heterocycles. The van der Waals surface area contributed by atoms with Gasteiger partial charge in [-0.25, -0.2) is 0 Å². The molecule has 0 fully saturated rings. The highest BCUT2D eigenvalue weighted by atomic mass is 16.4. The Labute approximate surface area is 141 Å². The first kappa shape index (κ1) is 17.7. The summed E-state index contributed by atoms with van der Waals surface area (Å²) < 4.78 is 0. The summed E-state index contributed by atoms with van der Waals surface area (Å²) >= 11 is 0. The molecule has 2 aromatic carbocycles. The average molecular weight is 326 g/mol. The monoisotopic (exact) mass is 326 g/mol. The number of benzene rings is 2. The zero-order valence-corrected chi connectivity index (χ0v) is 13.5. The molecular weight excluding hydrogens is 304 g/mol. The summed E-state index contributed by atoms with van der Waals surface area (Å²) in [5, 5.41) is 18.9. The van der Waals surface area contributed by atoms with Gasteiger partial charge in [-0.1, -0.05) is 60.7 Å². The number of hydrogen-bond donors (Lipinski definition) is 2. The summed E-state index contributed by atoms with van der Waals surface area (Å²) in [6.07, 6.45) is 1.56. The second-order valence-electron chi connectivity index (χ2n) is 6.03. The van der Waals surface area contributed by atoms with Crippen molar-refractivity contribution in [3.05, 3.63) is 71.8 Å². The quantitative estimate of drug-likeness (QED) is 0.737. The van der Waals surface area contributed by atoms with Gasteiger partial charge in [0.25, 0.3) is 0 Å². The molecule has 0 radical (unpaired) electrons. The smallest absolute Gasteiger partial charge is 0.306 e. The maximum absolute atomic E-state index is 11.5. The molecule has 0 saturated heterocycles. The molecule has 0 unspecified atom stereocenters. The highest BCUT2D eigenvalue weighted by Gasteiger charge is 2.23. The summed E-state index contributed by atoms with van der Waals surface area (Å²) in [4.78, 5) is 23.0. The molecule has 2 atom stereocenters. The van der Waals surface area contributed by atoms with Crippen molar-refractivity contribution in [1.82, 2.24) is 0 Å². The van der Waals surface area contributed by atoms with Crippen LogP contribution in [0.4, 0.5) is 0 Å². The van der Waals surface area contributed by atoms with E-state index in [1.54, 1.807) is 0 Å². The Morgan fingerprint density at radius 3 is 1.29 bits per heavy atom. The highest BCUT2D eigenvalue weighted by molar-refractivity contribution is 5.72. The van der Waals surface area contributed by atoms with Gasteiger partial charge >= 0.3 is 11.9 Å². The molecule has 126 valence electrons. The Kier molecular flexibility index (Phi) is 6.55. The van der Waals surface area contributed by atoms with Gasteiger partial charge in [0.1, 0.15) is 0 Å². The fraction of sp³-hybridized carbons (Fsp3) is 0.300. The van der Waals surface area contributed by atoms with Crippen molar-refractivity contribution in [2.75, 3.05) is 0 Å². The van der Waals surface area contributed by atoms with Crippen molar-refractivity contribution in [1.29, 1.82) is 0 Å². The van der Waals surface area contributed by atoms with E-state index in [1.165, 1.54) is 0 Å². The topological polar surface area (TPSA) is 74.6 Å². The Bertz CT molecular complexity index is 592. The van der Waals surface area contributed by atoms with E-state index in [-0.39, 0.29) is 0 Å². The first-order valence-corrected chi connectivity index (χ1v) is 8.09. The summed E-state index contributed by atoms with van der Waals surface area (Å²) in [5.74, 6) is -2.87. The molecule has 4 nitrogen and oxygen atoms in total. The van der Waals surface area contributed by atoms with E-state index in [0.717, 1.165) is 11.1 Å². The van der Waals surface area contributed by atoms with Gasteiger partial charge in [-0.2, -0.15) is 0 Å². The van der Waals surface area contributed by atoms with Gasteiger partial charge in [-0.15, -0.1) is 0 Å². The van der Waals surface area contributed by atoms with Crippen LogP contribution in [0.15, 0.2) is 60.7 Å². The standard InChI is InChI=1S/C20H22O4/c21-19(22)17(13-15-7-3-1-4-8-15)11-12-18(20(23)24)14-16-9-5-2-6-10-16/h1-10,17-18H,11-14H2,(H,21,22)(H,23,24)/t17-,18+. The fourth-order valence-corrected chi connectivity index (χ4v) is 2.83. The maximum atomic E-state index is 11.5. The first-order valence-electron chi connectivity index (χ1n) is 8.09. The van der Waals surface area contributed by atoms with Crippen molar-refractivity contribution >= 4 is 11.9 Å². The minimum absolute atomic E-state index is 0.355. The minimum Gasteiger partial charge on any atom is -0.481 e. The van der Waals surface area contributed by atoms with Gasteiger partial charge in [-0.05, 0) is 36.8 Å². The van der Waals surface area contributed by atoms with Crippen molar-refractivity contribution in [2.24, 2.45) is 11.8 Å². The summed E-state index contributed by atoms with van der Waals surface area (Å²) in [5.41, 5.74) is 1.92. The van der Waals surface area contributed by atoms with E-state index in [0.29, 0.717) is 25.7 Å². The van der Waals surface area contributed by atoms with E-state index < -0.39 is 23.8 Å². The molecule has 24 heavy (non-hydrogen) atoms. The van der Waals surface area contributed by atoms with Crippen molar-refractivity contribution < 1.29 is 19.8 Å². The average Bonchev–Trinajstić information content (AvgIpc) is 2.58. The Morgan fingerprint density at radius 1 is 0.667 bits per heavy atom. The third-order valence-electron chi connectivity index (χ3n) is 4.21. The predicted molar refractivity (Wildman–Crippen MR) is 91.8 cm³/mol. The normalized spacial score (nSPS) is 13.2. The van der Waals surface area contributed by atoms with Crippen LogP contribution in [0.3, 0.4) is 0 Å². The molecule has 2 aromatic rings. The van der Waals surface area contributed by atoms with Crippen LogP contribution in [0, 0.1) is 11.8 Å². The Balaban J connectivity index is 1.97. The van der Waals surface area contributed by atoms with Gasteiger partial charge in [0.05, 0.1) is 11.8 Å². The molecule has 0 spiro atoms. The van der Waals surface area contributed by atoms with Crippen LogP contribution >= 0.6 is 0 Å². The summed E-state index contributed by atoms with van der Waals surface area (Å²) in [6, 6.07) is 18.9. The van der Waals surface area contributed by atoms with Crippen LogP contribution in [0.5, 0.6) is 0 Å². The number of carboxylic acids is 2. The molecule has 0 aliphatic carbocycles. The van der Waals surface area contributed by atoms with Crippen LogP contribution in [0.2, 0.25) is 0 Å². The van der Waals surface area contributed by atoms with Gasteiger partial charge in [-0.3, -0.25) is 9.59 Å². The third kappa shape index (κ3) is 5.54. The van der Waals surface area contributed by atoms with Crippen molar-refractivity contribution in [3.63, 3.8) is 0 Å². The van der Waals surface area contributed by atoms with E-state index in [2.05, 4.69) is 0 Å². The van der Waals surface area contributed by atoms with E-state index in [9.17, 15) is 19.8 Å². The molecule has 0 amide bonds. The van der Waals surface area contributed by atoms with Crippen LogP contribution < -0.4 is 0 Å². The largest absolute Gasteiger partial charge is 0.481 e. The molecule has 0 aliphatic heterocycles. The van der Waals surface area contributed by atoms with Gasteiger partial charge in [0, 0.05) is 0 Å². The molecule has 0 heterocycles. The second-order valence-corrected chi connectivity index (χ2v) is 6.03. The number of carboxylic acid groups (broad SMARTS) is 2. The SMILES string of the molecule is O=C(O)[C@H](CC[C@@H](Cc1ccccc1)C(=O)O)Cc1ccccc1. The first-order chi connectivity index (χ1) is 11.6. The van der Waals surface area contributed by atoms with Gasteiger partial charge in [0.2, 0.25) is 0 Å². The summed E-state index contributed by atoms with van der Waals surface area (Å²) in [6.45, 7) is 0. The van der Waals surface area contributed by atoms with Gasteiger partial charge < -0.3 is 10.2 Å². The molecule has 2 rings (SSSR count). The fourth-order valence-electron chi connectivity index (χ4n) is 2.83. The lowest BCUT2D eigenvalue weighted by atomic mass is 9.88. The van der Waals surface area contributed by atoms with E-state index in [1.807, 2.05) is 60.7 Å².